The van der Waals surface area contributed by atoms with Crippen molar-refractivity contribution in [1.29, 1.82) is 0 Å². The van der Waals surface area contributed by atoms with Crippen molar-refractivity contribution in [2.45, 2.75) is 25.0 Å². The first-order valence-electron chi connectivity index (χ1n) is 7.12. The zero-order chi connectivity index (χ0) is 14.4. The number of likely N-dealkylation sites (tertiary alicyclic amines) is 1. The van der Waals surface area contributed by atoms with Crippen molar-refractivity contribution in [1.82, 2.24) is 10.2 Å². The molecule has 0 radical (unpaired) electrons. The van der Waals surface area contributed by atoms with Crippen molar-refractivity contribution in [2.24, 2.45) is 0 Å². The number of piperidine rings is 1. The highest BCUT2D eigenvalue weighted by Crippen LogP contribution is 2.15. The molecule has 1 atom stereocenters. The molecular formula is C15H23FN2O2. The van der Waals surface area contributed by atoms with Crippen molar-refractivity contribution < 1.29 is 14.2 Å². The van der Waals surface area contributed by atoms with E-state index in [2.05, 4.69) is 17.3 Å². The lowest BCUT2D eigenvalue weighted by atomic mass is 10.1. The summed E-state index contributed by atoms with van der Waals surface area (Å²) >= 11 is 0. The number of aliphatic hydroxyl groups is 1. The number of halogens is 1. The van der Waals surface area contributed by atoms with Gasteiger partial charge in [0.05, 0.1) is 0 Å². The summed E-state index contributed by atoms with van der Waals surface area (Å²) in [6.45, 7) is 2.74. The number of hydrogen-bond donors (Lipinski definition) is 2. The lowest BCUT2D eigenvalue weighted by Crippen LogP contribution is -2.44. The Bertz CT molecular complexity index is 409. The third-order valence-corrected chi connectivity index (χ3v) is 3.63. The number of benzene rings is 1. The SMILES string of the molecule is CN1CCC(NCC(O)COc2ccccc2F)CC1. The Balaban J connectivity index is 1.65. The van der Waals surface area contributed by atoms with Crippen molar-refractivity contribution >= 4 is 0 Å². The summed E-state index contributed by atoms with van der Waals surface area (Å²) in [6.07, 6.45) is 1.56. The van der Waals surface area contributed by atoms with E-state index in [0.29, 0.717) is 12.6 Å². The number of nitrogens with one attached hydrogen (secondary N) is 1. The molecule has 1 unspecified atom stereocenters. The quantitative estimate of drug-likeness (QED) is 0.824. The Labute approximate surface area is 119 Å². The van der Waals surface area contributed by atoms with Crippen LogP contribution in [0.3, 0.4) is 0 Å². The van der Waals surface area contributed by atoms with Gasteiger partial charge in [0, 0.05) is 12.6 Å². The molecule has 0 amide bonds. The molecular weight excluding hydrogens is 259 g/mol. The van der Waals surface area contributed by atoms with E-state index in [-0.39, 0.29) is 12.4 Å². The minimum Gasteiger partial charge on any atom is -0.488 e. The highest BCUT2D eigenvalue weighted by Gasteiger charge is 2.17. The first kappa shape index (κ1) is 15.2. The standard InChI is InChI=1S/C15H23FN2O2/c1-18-8-6-12(7-9-18)17-10-13(19)11-20-15-5-3-2-4-14(15)16/h2-5,12-13,17,19H,6-11H2,1H3. The third kappa shape index (κ3) is 4.74. The van der Waals surface area contributed by atoms with Gasteiger partial charge in [-0.3, -0.25) is 0 Å². The molecule has 20 heavy (non-hydrogen) atoms. The van der Waals surface area contributed by atoms with E-state index < -0.39 is 11.9 Å². The molecule has 0 aliphatic carbocycles. The molecule has 112 valence electrons. The van der Waals surface area contributed by atoms with Crippen LogP contribution in [0.25, 0.3) is 0 Å². The molecule has 1 aliphatic heterocycles. The van der Waals surface area contributed by atoms with Gasteiger partial charge in [0.1, 0.15) is 12.7 Å². The number of rotatable bonds is 6. The van der Waals surface area contributed by atoms with Gasteiger partial charge >= 0.3 is 0 Å². The lowest BCUT2D eigenvalue weighted by molar-refractivity contribution is 0.0976. The fourth-order valence-electron chi connectivity index (χ4n) is 2.32. The minimum atomic E-state index is -0.630. The molecule has 1 aromatic rings. The van der Waals surface area contributed by atoms with Crippen LogP contribution in [-0.2, 0) is 0 Å². The molecule has 1 saturated heterocycles. The maximum atomic E-state index is 13.3. The number of hydrogen-bond acceptors (Lipinski definition) is 4. The van der Waals surface area contributed by atoms with Crippen LogP contribution in [0, 0.1) is 5.82 Å². The van der Waals surface area contributed by atoms with Gasteiger partial charge in [0.2, 0.25) is 0 Å². The van der Waals surface area contributed by atoms with E-state index in [9.17, 15) is 9.50 Å². The Morgan fingerprint density at radius 2 is 2.10 bits per heavy atom. The van der Waals surface area contributed by atoms with E-state index >= 15 is 0 Å². The van der Waals surface area contributed by atoms with Crippen molar-refractivity contribution in [2.75, 3.05) is 33.3 Å². The summed E-state index contributed by atoms with van der Waals surface area (Å²) in [5, 5.41) is 13.2. The molecule has 5 heteroatoms. The molecule has 1 heterocycles. The molecule has 1 aliphatic rings. The zero-order valence-electron chi connectivity index (χ0n) is 11.9. The maximum Gasteiger partial charge on any atom is 0.165 e. The number of ether oxygens (including phenoxy) is 1. The fourth-order valence-corrected chi connectivity index (χ4v) is 2.32. The van der Waals surface area contributed by atoms with Gasteiger partial charge in [-0.1, -0.05) is 12.1 Å². The molecule has 1 fully saturated rings. The topological polar surface area (TPSA) is 44.7 Å². The van der Waals surface area contributed by atoms with Crippen LogP contribution in [0.2, 0.25) is 0 Å². The summed E-state index contributed by atoms with van der Waals surface area (Å²) in [5.41, 5.74) is 0. The average molecular weight is 282 g/mol. The molecule has 2 rings (SSSR count). The second-order valence-corrected chi connectivity index (χ2v) is 5.38. The van der Waals surface area contributed by atoms with Crippen molar-refractivity contribution in [3.63, 3.8) is 0 Å². The number of para-hydroxylation sites is 1. The zero-order valence-corrected chi connectivity index (χ0v) is 11.9. The van der Waals surface area contributed by atoms with Crippen LogP contribution < -0.4 is 10.1 Å². The van der Waals surface area contributed by atoms with E-state index in [1.165, 1.54) is 6.07 Å². The first-order valence-corrected chi connectivity index (χ1v) is 7.12. The summed E-state index contributed by atoms with van der Waals surface area (Å²) < 4.78 is 18.6. The highest BCUT2D eigenvalue weighted by molar-refractivity contribution is 5.23. The van der Waals surface area contributed by atoms with Crippen LogP contribution in [0.15, 0.2) is 24.3 Å². The van der Waals surface area contributed by atoms with Crippen LogP contribution >= 0.6 is 0 Å². The lowest BCUT2D eigenvalue weighted by Gasteiger charge is -2.30. The normalized spacial score (nSPS) is 18.9. The molecule has 0 aromatic heterocycles. The Hall–Kier alpha value is -1.17. The largest absolute Gasteiger partial charge is 0.488 e. The van der Waals surface area contributed by atoms with E-state index in [4.69, 9.17) is 4.74 Å². The number of aliphatic hydroxyl groups excluding tert-OH is 1. The molecule has 4 nitrogen and oxygen atoms in total. The van der Waals surface area contributed by atoms with Crippen molar-refractivity contribution in [3.8, 4) is 5.75 Å². The van der Waals surface area contributed by atoms with Gasteiger partial charge < -0.3 is 20.1 Å². The van der Waals surface area contributed by atoms with E-state index in [0.717, 1.165) is 25.9 Å². The van der Waals surface area contributed by atoms with Gasteiger partial charge in [-0.05, 0) is 45.1 Å². The van der Waals surface area contributed by atoms with Crippen molar-refractivity contribution in [3.05, 3.63) is 30.1 Å². The third-order valence-electron chi connectivity index (χ3n) is 3.63. The van der Waals surface area contributed by atoms with Crippen LogP contribution in [0.4, 0.5) is 4.39 Å². The molecule has 0 spiro atoms. The average Bonchev–Trinajstić information content (AvgIpc) is 2.46. The van der Waals surface area contributed by atoms with E-state index in [1.807, 2.05) is 0 Å². The Morgan fingerprint density at radius 1 is 1.40 bits per heavy atom. The summed E-state index contributed by atoms with van der Waals surface area (Å²) in [6, 6.07) is 6.68. The molecule has 1 aromatic carbocycles. The van der Waals surface area contributed by atoms with Gasteiger partial charge in [-0.2, -0.15) is 0 Å². The predicted octanol–water partition coefficient (Wildman–Crippen LogP) is 1.25. The van der Waals surface area contributed by atoms with Gasteiger partial charge in [0.15, 0.2) is 11.6 Å². The Morgan fingerprint density at radius 3 is 2.80 bits per heavy atom. The highest BCUT2D eigenvalue weighted by atomic mass is 19.1. The monoisotopic (exact) mass is 282 g/mol. The molecule has 0 saturated carbocycles. The second kappa shape index (κ2) is 7.57. The summed E-state index contributed by atoms with van der Waals surface area (Å²) in [5.74, 6) is -0.214. The number of nitrogens with zero attached hydrogens (tertiary/aromatic N) is 1. The molecule has 2 N–H and O–H groups in total. The first-order chi connectivity index (χ1) is 9.65. The van der Waals surface area contributed by atoms with Crippen LogP contribution in [0.1, 0.15) is 12.8 Å². The van der Waals surface area contributed by atoms with Gasteiger partial charge in [-0.15, -0.1) is 0 Å². The fraction of sp³-hybridized carbons (Fsp3) is 0.600. The van der Waals surface area contributed by atoms with Gasteiger partial charge in [-0.25, -0.2) is 4.39 Å². The maximum absolute atomic E-state index is 13.3. The minimum absolute atomic E-state index is 0.0978. The second-order valence-electron chi connectivity index (χ2n) is 5.38. The van der Waals surface area contributed by atoms with Crippen LogP contribution in [0.5, 0.6) is 5.75 Å². The van der Waals surface area contributed by atoms with E-state index in [1.54, 1.807) is 18.2 Å². The smallest absolute Gasteiger partial charge is 0.165 e. The van der Waals surface area contributed by atoms with Crippen LogP contribution in [-0.4, -0.2) is 55.4 Å². The molecule has 0 bridgehead atoms. The predicted molar refractivity (Wildman–Crippen MR) is 76.4 cm³/mol. The van der Waals surface area contributed by atoms with Gasteiger partial charge in [0.25, 0.3) is 0 Å². The summed E-state index contributed by atoms with van der Waals surface area (Å²) in [7, 11) is 2.12. The summed E-state index contributed by atoms with van der Waals surface area (Å²) in [4.78, 5) is 2.30. The Kier molecular flexibility index (Phi) is 5.76.